The highest BCUT2D eigenvalue weighted by Crippen LogP contribution is 2.29. The van der Waals surface area contributed by atoms with Crippen LogP contribution in [0.25, 0.3) is 0 Å². The summed E-state index contributed by atoms with van der Waals surface area (Å²) < 4.78 is 0. The largest absolute Gasteiger partial charge is 0.356 e. The normalized spacial score (nSPS) is 11.8. The zero-order chi connectivity index (χ0) is 14.5. The third-order valence-electron chi connectivity index (χ3n) is 2.85. The van der Waals surface area contributed by atoms with Gasteiger partial charge in [-0.05, 0) is 36.8 Å². The van der Waals surface area contributed by atoms with Gasteiger partial charge in [0.05, 0.1) is 21.8 Å². The lowest BCUT2D eigenvalue weighted by Crippen LogP contribution is -2.30. The second kappa shape index (κ2) is 6.93. The first-order valence-corrected chi connectivity index (χ1v) is 7.31. The number of anilines is 1. The summed E-state index contributed by atoms with van der Waals surface area (Å²) in [6.45, 7) is 2.04. The second-order valence-corrected chi connectivity index (χ2v) is 5.53. The molecule has 2 N–H and O–H groups in total. The molecule has 0 bridgehead atoms. The van der Waals surface area contributed by atoms with Crippen LogP contribution in [-0.2, 0) is 0 Å². The minimum absolute atomic E-state index is 0.106. The maximum absolute atomic E-state index is 6.11. The molecule has 2 aromatic carbocycles. The second-order valence-electron chi connectivity index (χ2n) is 4.33. The predicted octanol–water partition coefficient (Wildman–Crippen LogP) is 5.04. The van der Waals surface area contributed by atoms with E-state index in [2.05, 4.69) is 10.6 Å². The van der Waals surface area contributed by atoms with Gasteiger partial charge < -0.3 is 10.6 Å². The van der Waals surface area contributed by atoms with Crippen molar-refractivity contribution in [3.8, 4) is 0 Å². The maximum atomic E-state index is 6.11. The van der Waals surface area contributed by atoms with Crippen molar-refractivity contribution in [1.29, 1.82) is 0 Å². The van der Waals surface area contributed by atoms with Gasteiger partial charge in [0, 0.05) is 0 Å². The van der Waals surface area contributed by atoms with Gasteiger partial charge in [-0.25, -0.2) is 0 Å². The zero-order valence-corrected chi connectivity index (χ0v) is 13.2. The molecule has 1 atom stereocenters. The van der Waals surface area contributed by atoms with Crippen molar-refractivity contribution in [1.82, 2.24) is 5.32 Å². The van der Waals surface area contributed by atoms with E-state index in [1.54, 1.807) is 6.07 Å². The summed E-state index contributed by atoms with van der Waals surface area (Å²) >= 11 is 17.4. The van der Waals surface area contributed by atoms with Crippen LogP contribution in [0.1, 0.15) is 18.5 Å². The van der Waals surface area contributed by atoms with Gasteiger partial charge in [-0.3, -0.25) is 0 Å². The summed E-state index contributed by atoms with van der Waals surface area (Å²) in [5.74, 6) is 0. The first-order valence-electron chi connectivity index (χ1n) is 6.14. The van der Waals surface area contributed by atoms with Crippen LogP contribution in [0.3, 0.4) is 0 Å². The quantitative estimate of drug-likeness (QED) is 0.773. The van der Waals surface area contributed by atoms with Crippen molar-refractivity contribution in [2.45, 2.75) is 13.0 Å². The van der Waals surface area contributed by atoms with Crippen LogP contribution in [0.2, 0.25) is 10.0 Å². The standard InChI is InChI=1S/C15H14Cl2N2S/c1-10(11-6-3-2-4-7-11)18-15(20)19-13-9-5-8-12(16)14(13)17/h2-10H,1H3,(H2,18,19,20). The molecule has 0 aromatic heterocycles. The minimum Gasteiger partial charge on any atom is -0.356 e. The molecule has 2 nitrogen and oxygen atoms in total. The summed E-state index contributed by atoms with van der Waals surface area (Å²) in [7, 11) is 0. The van der Waals surface area contributed by atoms with E-state index in [9.17, 15) is 0 Å². The van der Waals surface area contributed by atoms with Crippen molar-refractivity contribution in [2.24, 2.45) is 0 Å². The Kier molecular flexibility index (Phi) is 5.24. The fourth-order valence-electron chi connectivity index (χ4n) is 1.78. The van der Waals surface area contributed by atoms with Crippen LogP contribution in [0, 0.1) is 0 Å². The summed E-state index contributed by atoms with van der Waals surface area (Å²) in [4.78, 5) is 0. The topological polar surface area (TPSA) is 24.1 Å². The number of halogens is 2. The van der Waals surface area contributed by atoms with Crippen molar-refractivity contribution in [2.75, 3.05) is 5.32 Å². The molecule has 0 spiro atoms. The maximum Gasteiger partial charge on any atom is 0.171 e. The molecule has 20 heavy (non-hydrogen) atoms. The molecule has 0 radical (unpaired) electrons. The summed E-state index contributed by atoms with van der Waals surface area (Å²) in [6, 6.07) is 15.6. The van der Waals surface area contributed by atoms with E-state index >= 15 is 0 Å². The molecule has 0 heterocycles. The Morgan fingerprint density at radius 3 is 2.45 bits per heavy atom. The van der Waals surface area contributed by atoms with Gasteiger partial charge in [-0.15, -0.1) is 0 Å². The summed E-state index contributed by atoms with van der Waals surface area (Å²) in [6.07, 6.45) is 0. The minimum atomic E-state index is 0.106. The van der Waals surface area contributed by atoms with Crippen LogP contribution in [0.5, 0.6) is 0 Å². The molecule has 1 unspecified atom stereocenters. The molecule has 0 aliphatic carbocycles. The number of benzene rings is 2. The smallest absolute Gasteiger partial charge is 0.171 e. The van der Waals surface area contributed by atoms with E-state index in [-0.39, 0.29) is 6.04 Å². The summed E-state index contributed by atoms with van der Waals surface area (Å²) in [5.41, 5.74) is 1.85. The highest BCUT2D eigenvalue weighted by atomic mass is 35.5. The van der Waals surface area contributed by atoms with Crippen LogP contribution in [0.4, 0.5) is 5.69 Å². The van der Waals surface area contributed by atoms with E-state index in [1.807, 2.05) is 49.4 Å². The molecule has 0 saturated carbocycles. The fourth-order valence-corrected chi connectivity index (χ4v) is 2.41. The molecule has 0 aliphatic rings. The van der Waals surface area contributed by atoms with Crippen molar-refractivity contribution >= 4 is 46.2 Å². The number of rotatable bonds is 3. The lowest BCUT2D eigenvalue weighted by atomic mass is 10.1. The van der Waals surface area contributed by atoms with Gasteiger partial charge in [0.25, 0.3) is 0 Å². The highest BCUT2D eigenvalue weighted by molar-refractivity contribution is 7.80. The SMILES string of the molecule is CC(NC(=S)Nc1cccc(Cl)c1Cl)c1ccccc1. The lowest BCUT2D eigenvalue weighted by molar-refractivity contribution is 0.722. The van der Waals surface area contributed by atoms with Crippen molar-refractivity contribution in [3.63, 3.8) is 0 Å². The Bertz CT molecular complexity index is 602. The first kappa shape index (κ1) is 15.1. The van der Waals surface area contributed by atoms with Crippen molar-refractivity contribution < 1.29 is 0 Å². The number of thiocarbonyl (C=S) groups is 1. The van der Waals surface area contributed by atoms with Gasteiger partial charge in [0.1, 0.15) is 0 Å². The Balaban J connectivity index is 2.01. The molecule has 104 valence electrons. The molecule has 5 heteroatoms. The van der Waals surface area contributed by atoms with Crippen LogP contribution >= 0.6 is 35.4 Å². The lowest BCUT2D eigenvalue weighted by Gasteiger charge is -2.18. The van der Waals surface area contributed by atoms with E-state index in [0.29, 0.717) is 20.8 Å². The zero-order valence-electron chi connectivity index (χ0n) is 10.9. The molecule has 2 aromatic rings. The number of hydrogen-bond donors (Lipinski definition) is 2. The molecular formula is C15H14Cl2N2S. The van der Waals surface area contributed by atoms with Crippen LogP contribution in [0.15, 0.2) is 48.5 Å². The Morgan fingerprint density at radius 2 is 1.75 bits per heavy atom. The number of nitrogens with one attached hydrogen (secondary N) is 2. The molecule has 0 amide bonds. The average Bonchev–Trinajstić information content (AvgIpc) is 2.45. The highest BCUT2D eigenvalue weighted by Gasteiger charge is 2.09. The van der Waals surface area contributed by atoms with Gasteiger partial charge >= 0.3 is 0 Å². The molecule has 0 aliphatic heterocycles. The van der Waals surface area contributed by atoms with E-state index < -0.39 is 0 Å². The first-order chi connectivity index (χ1) is 9.58. The molecular weight excluding hydrogens is 311 g/mol. The molecule has 0 fully saturated rings. The fraction of sp³-hybridized carbons (Fsp3) is 0.133. The number of hydrogen-bond acceptors (Lipinski definition) is 1. The third-order valence-corrected chi connectivity index (χ3v) is 3.89. The van der Waals surface area contributed by atoms with Gasteiger partial charge in [0.2, 0.25) is 0 Å². The Hall–Kier alpha value is -1.29. The van der Waals surface area contributed by atoms with Crippen LogP contribution < -0.4 is 10.6 Å². The van der Waals surface area contributed by atoms with Crippen LogP contribution in [-0.4, -0.2) is 5.11 Å². The Morgan fingerprint density at radius 1 is 1.05 bits per heavy atom. The van der Waals surface area contributed by atoms with Crippen molar-refractivity contribution in [3.05, 3.63) is 64.1 Å². The van der Waals surface area contributed by atoms with Gasteiger partial charge in [-0.1, -0.05) is 59.6 Å². The molecule has 2 rings (SSSR count). The summed E-state index contributed by atoms with van der Waals surface area (Å²) in [5, 5.41) is 7.73. The predicted molar refractivity (Wildman–Crippen MR) is 90.7 cm³/mol. The third kappa shape index (κ3) is 3.85. The molecule has 0 saturated heterocycles. The van der Waals surface area contributed by atoms with Gasteiger partial charge in [-0.2, -0.15) is 0 Å². The Labute approximate surface area is 134 Å². The monoisotopic (exact) mass is 324 g/mol. The average molecular weight is 325 g/mol. The van der Waals surface area contributed by atoms with Gasteiger partial charge in [0.15, 0.2) is 5.11 Å². The van der Waals surface area contributed by atoms with E-state index in [1.165, 1.54) is 0 Å². The van der Waals surface area contributed by atoms with E-state index in [0.717, 1.165) is 5.56 Å². The van der Waals surface area contributed by atoms with E-state index in [4.69, 9.17) is 35.4 Å².